The molecule has 1 aromatic rings. The van der Waals surface area contributed by atoms with Gasteiger partial charge in [-0.25, -0.2) is 4.90 Å². The van der Waals surface area contributed by atoms with Crippen LogP contribution in [0.5, 0.6) is 0 Å². The molecule has 4 rings (SSSR count). The average Bonchev–Trinajstić information content (AvgIpc) is 2.97. The van der Waals surface area contributed by atoms with Gasteiger partial charge < -0.3 is 4.90 Å². The lowest BCUT2D eigenvalue weighted by Crippen LogP contribution is -2.40. The lowest BCUT2D eigenvalue weighted by Gasteiger charge is -2.32. The molecule has 1 aliphatic heterocycles. The number of amides is 3. The largest absolute Gasteiger partial charge is 0.339 e. The summed E-state index contributed by atoms with van der Waals surface area (Å²) in [5, 5.41) is 0. The van der Waals surface area contributed by atoms with Crippen molar-refractivity contribution in [2.75, 3.05) is 11.9 Å². The average molecular weight is 380 g/mol. The van der Waals surface area contributed by atoms with Gasteiger partial charge in [0.25, 0.3) is 5.91 Å². The minimum absolute atomic E-state index is 0.104. The molecule has 5 heteroatoms. The number of rotatable bonds is 3. The van der Waals surface area contributed by atoms with Crippen molar-refractivity contribution < 1.29 is 14.4 Å². The Balaban J connectivity index is 1.64. The highest BCUT2D eigenvalue weighted by Crippen LogP contribution is 2.40. The predicted molar refractivity (Wildman–Crippen MR) is 108 cm³/mol. The summed E-state index contributed by atoms with van der Waals surface area (Å²) < 4.78 is 0. The normalized spacial score (nSPS) is 25.5. The monoisotopic (exact) mass is 380 g/mol. The molecular weight excluding hydrogens is 352 g/mol. The highest BCUT2D eigenvalue weighted by molar-refractivity contribution is 6.24. The molecule has 148 valence electrons. The fourth-order valence-electron chi connectivity index (χ4n) is 4.95. The molecule has 1 saturated carbocycles. The molecule has 0 bridgehead atoms. The summed E-state index contributed by atoms with van der Waals surface area (Å²) in [5.74, 6) is -1.03. The Morgan fingerprint density at radius 1 is 1.04 bits per heavy atom. The summed E-state index contributed by atoms with van der Waals surface area (Å²) in [6.07, 6.45) is 8.83. The minimum atomic E-state index is -0.296. The van der Waals surface area contributed by atoms with Gasteiger partial charge in [-0.15, -0.1) is 0 Å². The zero-order chi connectivity index (χ0) is 19.8. The number of imide groups is 1. The molecule has 3 aliphatic rings. The van der Waals surface area contributed by atoms with Gasteiger partial charge in [0.15, 0.2) is 0 Å². The van der Waals surface area contributed by atoms with Crippen LogP contribution in [0.25, 0.3) is 0 Å². The van der Waals surface area contributed by atoms with E-state index in [4.69, 9.17) is 0 Å². The van der Waals surface area contributed by atoms with Gasteiger partial charge in [-0.2, -0.15) is 0 Å². The number of fused-ring (bicyclic) bond motifs is 1. The molecule has 0 aromatic heterocycles. The minimum Gasteiger partial charge on any atom is -0.339 e. The third kappa shape index (κ3) is 3.17. The first-order valence-electron chi connectivity index (χ1n) is 10.4. The van der Waals surface area contributed by atoms with E-state index >= 15 is 0 Å². The Labute approximate surface area is 166 Å². The first-order valence-corrected chi connectivity index (χ1v) is 10.4. The van der Waals surface area contributed by atoms with E-state index in [2.05, 4.69) is 6.08 Å². The Morgan fingerprint density at radius 3 is 2.46 bits per heavy atom. The first-order chi connectivity index (χ1) is 13.5. The molecule has 0 N–H and O–H groups in total. The Hall–Kier alpha value is -2.43. The second-order valence-corrected chi connectivity index (χ2v) is 8.44. The molecule has 2 atom stereocenters. The molecule has 5 nitrogen and oxygen atoms in total. The SMILES string of the molecule is CC1=CC[C@@H]2C(=O)N(c3ccccc3C(=O)N(C)C3CCCCC3)C(=O)[C@@H]2C1. The van der Waals surface area contributed by atoms with E-state index in [0.29, 0.717) is 24.1 Å². The summed E-state index contributed by atoms with van der Waals surface area (Å²) in [7, 11) is 1.84. The van der Waals surface area contributed by atoms with E-state index in [1.165, 1.54) is 11.3 Å². The Morgan fingerprint density at radius 2 is 1.71 bits per heavy atom. The molecule has 0 radical (unpaired) electrons. The number of carbonyl (C=O) groups is 3. The number of hydrogen-bond donors (Lipinski definition) is 0. The van der Waals surface area contributed by atoms with Crippen molar-refractivity contribution in [1.82, 2.24) is 4.90 Å². The van der Waals surface area contributed by atoms with E-state index < -0.39 is 0 Å². The second kappa shape index (κ2) is 7.53. The zero-order valence-electron chi connectivity index (χ0n) is 16.7. The molecule has 2 aliphatic carbocycles. The smallest absolute Gasteiger partial charge is 0.255 e. The highest BCUT2D eigenvalue weighted by atomic mass is 16.2. The van der Waals surface area contributed by atoms with Gasteiger partial charge in [-0.1, -0.05) is 43.0 Å². The molecule has 1 aromatic carbocycles. The third-order valence-corrected chi connectivity index (χ3v) is 6.64. The molecule has 0 unspecified atom stereocenters. The lowest BCUT2D eigenvalue weighted by atomic mass is 9.82. The number of nitrogens with zero attached hydrogens (tertiary/aromatic N) is 2. The highest BCUT2D eigenvalue weighted by Gasteiger charge is 2.49. The van der Waals surface area contributed by atoms with Crippen LogP contribution in [0.1, 0.15) is 62.2 Å². The Kier molecular flexibility index (Phi) is 5.09. The fraction of sp³-hybridized carbons (Fsp3) is 0.522. The van der Waals surface area contributed by atoms with Crippen LogP contribution in [0.15, 0.2) is 35.9 Å². The molecule has 0 spiro atoms. The van der Waals surface area contributed by atoms with Crippen molar-refractivity contribution in [3.63, 3.8) is 0 Å². The van der Waals surface area contributed by atoms with E-state index in [1.54, 1.807) is 24.3 Å². The second-order valence-electron chi connectivity index (χ2n) is 8.44. The van der Waals surface area contributed by atoms with Crippen LogP contribution < -0.4 is 4.90 Å². The van der Waals surface area contributed by atoms with Crippen molar-refractivity contribution in [2.24, 2.45) is 11.8 Å². The van der Waals surface area contributed by atoms with Crippen LogP contribution in [0, 0.1) is 11.8 Å². The van der Waals surface area contributed by atoms with Crippen LogP contribution in [0.4, 0.5) is 5.69 Å². The van der Waals surface area contributed by atoms with Crippen LogP contribution in [-0.2, 0) is 9.59 Å². The number of benzene rings is 1. The molecule has 3 amide bonds. The van der Waals surface area contributed by atoms with Gasteiger partial charge in [0.05, 0.1) is 23.1 Å². The molecule has 28 heavy (non-hydrogen) atoms. The van der Waals surface area contributed by atoms with Crippen LogP contribution in [0.2, 0.25) is 0 Å². The third-order valence-electron chi connectivity index (χ3n) is 6.64. The van der Waals surface area contributed by atoms with Gasteiger partial charge in [-0.05, 0) is 44.7 Å². The number of para-hydroxylation sites is 1. The maximum atomic E-state index is 13.3. The van der Waals surface area contributed by atoms with E-state index in [9.17, 15) is 14.4 Å². The van der Waals surface area contributed by atoms with Gasteiger partial charge in [0.1, 0.15) is 0 Å². The molecule has 1 heterocycles. The van der Waals surface area contributed by atoms with Gasteiger partial charge in [0, 0.05) is 13.1 Å². The fourth-order valence-corrected chi connectivity index (χ4v) is 4.95. The quantitative estimate of drug-likeness (QED) is 0.590. The van der Waals surface area contributed by atoms with Crippen molar-refractivity contribution in [3.05, 3.63) is 41.5 Å². The molecule has 1 saturated heterocycles. The van der Waals surface area contributed by atoms with Crippen LogP contribution >= 0.6 is 0 Å². The number of carbonyl (C=O) groups excluding carboxylic acids is 3. The number of anilines is 1. The first kappa shape index (κ1) is 18.9. The van der Waals surface area contributed by atoms with Gasteiger partial charge >= 0.3 is 0 Å². The van der Waals surface area contributed by atoms with Crippen LogP contribution in [-0.4, -0.2) is 35.7 Å². The zero-order valence-corrected chi connectivity index (χ0v) is 16.7. The maximum absolute atomic E-state index is 13.3. The maximum Gasteiger partial charge on any atom is 0.255 e. The lowest BCUT2D eigenvalue weighted by molar-refractivity contribution is -0.122. The Bertz CT molecular complexity index is 838. The standard InChI is InChI=1S/C23H28N2O3/c1-15-12-13-17-19(14-15)23(28)25(22(17)27)20-11-7-6-10-18(20)21(26)24(2)16-8-4-3-5-9-16/h6-7,10-12,16-17,19H,3-5,8-9,13-14H2,1-2H3/t17-,19+/m0/s1. The molecule has 2 fully saturated rings. The topological polar surface area (TPSA) is 57.7 Å². The van der Waals surface area contributed by atoms with Crippen molar-refractivity contribution in [3.8, 4) is 0 Å². The summed E-state index contributed by atoms with van der Waals surface area (Å²) in [4.78, 5) is 42.5. The van der Waals surface area contributed by atoms with E-state index in [-0.39, 0.29) is 35.6 Å². The summed E-state index contributed by atoms with van der Waals surface area (Å²) in [6.45, 7) is 2.01. The van der Waals surface area contributed by atoms with Crippen molar-refractivity contribution in [1.29, 1.82) is 0 Å². The summed E-state index contributed by atoms with van der Waals surface area (Å²) in [5.41, 5.74) is 2.04. The van der Waals surface area contributed by atoms with Crippen molar-refractivity contribution >= 4 is 23.4 Å². The predicted octanol–water partition coefficient (Wildman–Crippen LogP) is 3.94. The summed E-state index contributed by atoms with van der Waals surface area (Å²) in [6, 6.07) is 7.29. The van der Waals surface area contributed by atoms with E-state index in [1.807, 2.05) is 18.9 Å². The van der Waals surface area contributed by atoms with Crippen molar-refractivity contribution in [2.45, 2.75) is 57.9 Å². The van der Waals surface area contributed by atoms with Crippen LogP contribution in [0.3, 0.4) is 0 Å². The van der Waals surface area contributed by atoms with Gasteiger partial charge in [-0.3, -0.25) is 14.4 Å². The number of hydrogen-bond acceptors (Lipinski definition) is 3. The van der Waals surface area contributed by atoms with Gasteiger partial charge in [0.2, 0.25) is 11.8 Å². The van der Waals surface area contributed by atoms with E-state index in [0.717, 1.165) is 31.3 Å². The summed E-state index contributed by atoms with van der Waals surface area (Å²) >= 11 is 0. The molecular formula is C23H28N2O3. The number of allylic oxidation sites excluding steroid dienone is 2.